The Kier molecular flexibility index (Phi) is 4.04. The largest absolute Gasteiger partial charge is 0.369 e. The molecule has 1 saturated carbocycles. The van der Waals surface area contributed by atoms with E-state index < -0.39 is 10.8 Å². The zero-order valence-electron chi connectivity index (χ0n) is 12.6. The average Bonchev–Trinajstić information content (AvgIpc) is 3.10. The highest BCUT2D eigenvalue weighted by Crippen LogP contribution is 2.55. The number of hydrogen-bond acceptors (Lipinski definition) is 3. The molecule has 4 heteroatoms. The third-order valence-corrected chi connectivity index (χ3v) is 6.05. The number of hydrogen-bond donors (Lipinski definition) is 1. The minimum Gasteiger partial charge on any atom is -0.369 e. The van der Waals surface area contributed by atoms with Gasteiger partial charge in [-0.1, -0.05) is 49.6 Å². The SMILES string of the molecule is [CH2]C(c1ccccc1)(c1cncs1)C1(C(N)=O)CCCCC1. The Morgan fingerprint density at radius 2 is 1.91 bits per heavy atom. The fraction of sp³-hybridized carbons (Fsp3) is 0.389. The number of aromatic nitrogens is 1. The van der Waals surface area contributed by atoms with E-state index in [0.717, 1.165) is 42.5 Å². The zero-order valence-corrected chi connectivity index (χ0v) is 13.4. The summed E-state index contributed by atoms with van der Waals surface area (Å²) in [6.45, 7) is 4.57. The summed E-state index contributed by atoms with van der Waals surface area (Å²) in [6.07, 6.45) is 6.61. The highest BCUT2D eigenvalue weighted by atomic mass is 32.1. The molecule has 1 aromatic carbocycles. The van der Waals surface area contributed by atoms with Crippen molar-refractivity contribution in [3.8, 4) is 0 Å². The van der Waals surface area contributed by atoms with Crippen LogP contribution in [-0.4, -0.2) is 10.9 Å². The summed E-state index contributed by atoms with van der Waals surface area (Å²) in [5, 5.41) is 0. The summed E-state index contributed by atoms with van der Waals surface area (Å²) in [4.78, 5) is 17.8. The molecular weight excluding hydrogens is 292 g/mol. The Morgan fingerprint density at radius 1 is 1.23 bits per heavy atom. The van der Waals surface area contributed by atoms with Crippen molar-refractivity contribution in [2.24, 2.45) is 11.1 Å². The lowest BCUT2D eigenvalue weighted by Crippen LogP contribution is -2.53. The van der Waals surface area contributed by atoms with Crippen LogP contribution in [0.1, 0.15) is 42.5 Å². The topological polar surface area (TPSA) is 56.0 Å². The first-order valence-electron chi connectivity index (χ1n) is 7.71. The molecule has 1 aliphatic rings. The van der Waals surface area contributed by atoms with Gasteiger partial charge in [-0.3, -0.25) is 9.78 Å². The molecule has 1 amide bonds. The first kappa shape index (κ1) is 15.2. The Hall–Kier alpha value is -1.68. The van der Waals surface area contributed by atoms with Crippen LogP contribution >= 0.6 is 11.3 Å². The smallest absolute Gasteiger partial charge is 0.224 e. The van der Waals surface area contributed by atoms with Crippen molar-refractivity contribution in [2.45, 2.75) is 37.5 Å². The number of primary amides is 1. The van der Waals surface area contributed by atoms with Gasteiger partial charge in [0.15, 0.2) is 0 Å². The van der Waals surface area contributed by atoms with Crippen molar-refractivity contribution in [3.05, 3.63) is 59.4 Å². The average molecular weight is 313 g/mol. The first-order valence-corrected chi connectivity index (χ1v) is 8.59. The lowest BCUT2D eigenvalue weighted by atomic mass is 9.54. The van der Waals surface area contributed by atoms with Gasteiger partial charge in [-0.2, -0.15) is 0 Å². The van der Waals surface area contributed by atoms with Crippen LogP contribution in [0.25, 0.3) is 0 Å². The zero-order chi connectivity index (χ0) is 15.6. The summed E-state index contributed by atoms with van der Waals surface area (Å²) in [6, 6.07) is 10.1. The molecule has 1 aromatic heterocycles. The monoisotopic (exact) mass is 313 g/mol. The van der Waals surface area contributed by atoms with Crippen molar-refractivity contribution in [1.82, 2.24) is 4.98 Å². The Morgan fingerprint density at radius 3 is 2.45 bits per heavy atom. The molecule has 0 spiro atoms. The van der Waals surface area contributed by atoms with Gasteiger partial charge in [-0.15, -0.1) is 11.3 Å². The van der Waals surface area contributed by atoms with Crippen molar-refractivity contribution >= 4 is 17.2 Å². The van der Waals surface area contributed by atoms with Gasteiger partial charge >= 0.3 is 0 Å². The summed E-state index contributed by atoms with van der Waals surface area (Å²) < 4.78 is 0. The van der Waals surface area contributed by atoms with Crippen molar-refractivity contribution in [2.75, 3.05) is 0 Å². The van der Waals surface area contributed by atoms with Crippen LogP contribution in [0.15, 0.2) is 42.0 Å². The highest BCUT2D eigenvalue weighted by Gasteiger charge is 2.55. The summed E-state index contributed by atoms with van der Waals surface area (Å²) in [7, 11) is 0. The molecule has 0 saturated heterocycles. The Bertz CT molecular complexity index is 632. The maximum absolute atomic E-state index is 12.6. The minimum absolute atomic E-state index is 0.237. The van der Waals surface area contributed by atoms with Crippen LogP contribution in [0.4, 0.5) is 0 Å². The molecule has 1 atom stereocenters. The van der Waals surface area contributed by atoms with Crippen LogP contribution in [0, 0.1) is 12.3 Å². The van der Waals surface area contributed by atoms with Crippen LogP contribution < -0.4 is 5.73 Å². The predicted octanol–water partition coefficient (Wildman–Crippen LogP) is 3.70. The normalized spacial score (nSPS) is 20.2. The third kappa shape index (κ3) is 2.17. The molecule has 0 bridgehead atoms. The second kappa shape index (κ2) is 5.84. The lowest BCUT2D eigenvalue weighted by molar-refractivity contribution is -0.132. The number of thiazole rings is 1. The Labute approximate surface area is 135 Å². The Balaban J connectivity index is 2.23. The van der Waals surface area contributed by atoms with Gasteiger partial charge < -0.3 is 5.73 Å². The fourth-order valence-electron chi connectivity index (χ4n) is 3.84. The van der Waals surface area contributed by atoms with E-state index in [4.69, 9.17) is 5.73 Å². The van der Waals surface area contributed by atoms with Gasteiger partial charge in [0.2, 0.25) is 5.91 Å². The third-order valence-electron chi connectivity index (χ3n) is 5.12. The van der Waals surface area contributed by atoms with Gasteiger partial charge in [0.05, 0.1) is 10.9 Å². The summed E-state index contributed by atoms with van der Waals surface area (Å²) in [5.74, 6) is -0.237. The number of nitrogens with two attached hydrogens (primary N) is 1. The molecule has 1 aliphatic carbocycles. The molecule has 0 aliphatic heterocycles. The highest BCUT2D eigenvalue weighted by molar-refractivity contribution is 7.09. The number of carbonyl (C=O) groups excluding carboxylic acids is 1. The lowest BCUT2D eigenvalue weighted by Gasteiger charge is -2.48. The molecule has 2 N–H and O–H groups in total. The number of rotatable bonds is 4. The van der Waals surface area contributed by atoms with E-state index in [1.165, 1.54) is 0 Å². The standard InChI is InChI=1S/C18H21N2OS/c1-17(15-12-20-13-22-15,14-8-4-2-5-9-14)18(16(19)21)10-6-3-7-11-18/h2,4-5,8-9,12-13H,1,3,6-7,10-11H2,(H2,19,21). The van der Waals surface area contributed by atoms with Crippen molar-refractivity contribution in [3.63, 3.8) is 0 Å². The molecule has 1 unspecified atom stereocenters. The van der Waals surface area contributed by atoms with Crippen LogP contribution in [0.2, 0.25) is 0 Å². The van der Waals surface area contributed by atoms with Gasteiger partial charge in [0.1, 0.15) is 0 Å². The molecule has 22 heavy (non-hydrogen) atoms. The summed E-state index contributed by atoms with van der Waals surface area (Å²) >= 11 is 1.55. The van der Waals surface area contributed by atoms with E-state index in [1.807, 2.05) is 36.5 Å². The quantitative estimate of drug-likeness (QED) is 0.935. The van der Waals surface area contributed by atoms with Crippen molar-refractivity contribution < 1.29 is 4.79 Å². The molecule has 115 valence electrons. The van der Waals surface area contributed by atoms with E-state index in [1.54, 1.807) is 16.8 Å². The van der Waals surface area contributed by atoms with Gasteiger partial charge in [-0.05, 0) is 25.3 Å². The number of nitrogens with zero attached hydrogens (tertiary/aromatic N) is 1. The van der Waals surface area contributed by atoms with Crippen LogP contribution in [0.5, 0.6) is 0 Å². The molecule has 3 nitrogen and oxygen atoms in total. The number of carbonyl (C=O) groups is 1. The van der Waals surface area contributed by atoms with Crippen LogP contribution in [-0.2, 0) is 10.2 Å². The first-order chi connectivity index (χ1) is 10.6. The molecule has 1 fully saturated rings. The van der Waals surface area contributed by atoms with Crippen molar-refractivity contribution in [1.29, 1.82) is 0 Å². The molecule has 2 aromatic rings. The molecule has 1 radical (unpaired) electrons. The van der Waals surface area contributed by atoms with Gasteiger partial charge in [0.25, 0.3) is 0 Å². The van der Waals surface area contributed by atoms with E-state index in [-0.39, 0.29) is 5.91 Å². The number of amides is 1. The van der Waals surface area contributed by atoms with Gasteiger partial charge in [0, 0.05) is 16.5 Å². The maximum Gasteiger partial charge on any atom is 0.224 e. The molecule has 1 heterocycles. The molecular formula is C18H21N2OS. The fourth-order valence-corrected chi connectivity index (χ4v) is 4.71. The number of benzene rings is 1. The minimum atomic E-state index is -0.665. The van der Waals surface area contributed by atoms with Gasteiger partial charge in [-0.25, -0.2) is 0 Å². The van der Waals surface area contributed by atoms with Crippen LogP contribution in [0.3, 0.4) is 0 Å². The molecule has 3 rings (SSSR count). The second-order valence-corrected chi connectivity index (χ2v) is 7.03. The van der Waals surface area contributed by atoms with E-state index in [2.05, 4.69) is 11.9 Å². The maximum atomic E-state index is 12.6. The predicted molar refractivity (Wildman–Crippen MR) is 89.4 cm³/mol. The summed E-state index contributed by atoms with van der Waals surface area (Å²) in [5.41, 5.74) is 7.48. The second-order valence-electron chi connectivity index (χ2n) is 6.14. The van der Waals surface area contributed by atoms with E-state index in [9.17, 15) is 4.79 Å². The van der Waals surface area contributed by atoms with E-state index in [0.29, 0.717) is 0 Å². The van der Waals surface area contributed by atoms with E-state index >= 15 is 0 Å².